The van der Waals surface area contributed by atoms with Crippen molar-refractivity contribution in [2.24, 2.45) is 5.92 Å². The normalized spacial score (nSPS) is 12.4. The summed E-state index contributed by atoms with van der Waals surface area (Å²) in [6.07, 6.45) is 3.21. The predicted octanol–water partition coefficient (Wildman–Crippen LogP) is 4.47. The molecule has 8 nitrogen and oxygen atoms in total. The topological polar surface area (TPSA) is 90.5 Å². The first-order chi connectivity index (χ1) is 16.9. The number of nitrogens with zero attached hydrogens (tertiary/aromatic N) is 4. The van der Waals surface area contributed by atoms with Gasteiger partial charge >= 0.3 is 0 Å². The van der Waals surface area contributed by atoms with Crippen LogP contribution in [0.4, 0.5) is 0 Å². The average molecular weight is 494 g/mol. The van der Waals surface area contributed by atoms with E-state index in [0.29, 0.717) is 39.2 Å². The molecule has 1 unspecified atom stereocenters. The first-order valence-corrected chi connectivity index (χ1v) is 12.8. The van der Waals surface area contributed by atoms with Gasteiger partial charge in [-0.1, -0.05) is 56.7 Å². The van der Waals surface area contributed by atoms with Crippen molar-refractivity contribution in [3.05, 3.63) is 58.9 Å². The summed E-state index contributed by atoms with van der Waals surface area (Å²) in [7, 11) is 1.58. The Labute approximate surface area is 208 Å². The van der Waals surface area contributed by atoms with E-state index in [2.05, 4.69) is 29.4 Å². The van der Waals surface area contributed by atoms with Crippen molar-refractivity contribution in [3.63, 3.8) is 0 Å². The van der Waals surface area contributed by atoms with Gasteiger partial charge < -0.3 is 10.1 Å². The van der Waals surface area contributed by atoms with Crippen LogP contribution in [0.3, 0.4) is 0 Å². The number of carbonyl (C=O) groups is 1. The fraction of sp³-hybridized carbons (Fsp3) is 0.385. The number of benzene rings is 2. The lowest BCUT2D eigenvalue weighted by molar-refractivity contribution is -0.119. The summed E-state index contributed by atoms with van der Waals surface area (Å²) < 4.78 is 8.71. The summed E-state index contributed by atoms with van der Waals surface area (Å²) in [5.41, 5.74) is 1.13. The molecule has 0 saturated heterocycles. The molecule has 4 aromatic rings. The van der Waals surface area contributed by atoms with Crippen molar-refractivity contribution < 1.29 is 9.53 Å². The van der Waals surface area contributed by atoms with Gasteiger partial charge in [-0.3, -0.25) is 14.0 Å². The molecular weight excluding hydrogens is 462 g/mol. The van der Waals surface area contributed by atoms with Gasteiger partial charge in [0.1, 0.15) is 5.75 Å². The highest BCUT2D eigenvalue weighted by atomic mass is 32.2. The Kier molecular flexibility index (Phi) is 7.75. The zero-order chi connectivity index (χ0) is 24.9. The number of aromatic nitrogens is 4. The highest BCUT2D eigenvalue weighted by Crippen LogP contribution is 2.24. The molecule has 4 rings (SSSR count). The van der Waals surface area contributed by atoms with Gasteiger partial charge in [-0.25, -0.2) is 4.57 Å². The number of carbonyl (C=O) groups excluding carboxylic acids is 1. The number of rotatable bonds is 10. The lowest BCUT2D eigenvalue weighted by atomic mass is 10.0. The number of ether oxygens (including phenoxy) is 1. The molecule has 2 heterocycles. The van der Waals surface area contributed by atoms with Gasteiger partial charge in [0, 0.05) is 12.1 Å². The molecule has 0 saturated carbocycles. The lowest BCUT2D eigenvalue weighted by Crippen LogP contribution is -2.33. The minimum absolute atomic E-state index is 0.0470. The molecule has 2 aromatic carbocycles. The third-order valence-corrected chi connectivity index (χ3v) is 6.79. The number of nitrogens with one attached hydrogen (secondary N) is 1. The Hall–Kier alpha value is -3.33. The minimum Gasteiger partial charge on any atom is -0.497 e. The van der Waals surface area contributed by atoms with Gasteiger partial charge in [0.15, 0.2) is 5.16 Å². The van der Waals surface area contributed by atoms with E-state index in [-0.39, 0.29) is 23.3 Å². The number of hydrogen-bond donors (Lipinski definition) is 1. The predicted molar refractivity (Wildman–Crippen MR) is 140 cm³/mol. The largest absolute Gasteiger partial charge is 0.497 e. The van der Waals surface area contributed by atoms with Crippen LogP contribution in [-0.4, -0.2) is 44.0 Å². The summed E-state index contributed by atoms with van der Waals surface area (Å²) in [4.78, 5) is 26.0. The molecule has 35 heavy (non-hydrogen) atoms. The summed E-state index contributed by atoms with van der Waals surface area (Å²) in [6.45, 7) is 6.45. The van der Waals surface area contributed by atoms with Crippen molar-refractivity contribution in [1.82, 2.24) is 24.5 Å². The van der Waals surface area contributed by atoms with Crippen molar-refractivity contribution in [2.45, 2.75) is 51.2 Å². The summed E-state index contributed by atoms with van der Waals surface area (Å²) in [5.74, 6) is 1.84. The van der Waals surface area contributed by atoms with Gasteiger partial charge in [-0.2, -0.15) is 0 Å². The molecule has 0 radical (unpaired) electrons. The Balaban J connectivity index is 1.64. The summed E-state index contributed by atoms with van der Waals surface area (Å²) in [5, 5.41) is 12.8. The second kappa shape index (κ2) is 10.9. The Morgan fingerprint density at radius 2 is 1.89 bits per heavy atom. The molecule has 0 bridgehead atoms. The number of para-hydroxylation sites is 1. The van der Waals surface area contributed by atoms with E-state index in [1.165, 1.54) is 16.3 Å². The maximum atomic E-state index is 13.4. The molecular formula is C26H31N5O3S. The van der Waals surface area contributed by atoms with Crippen LogP contribution in [0.15, 0.2) is 58.5 Å². The van der Waals surface area contributed by atoms with Crippen LogP contribution in [-0.2, 0) is 4.79 Å². The van der Waals surface area contributed by atoms with Crippen LogP contribution in [0.25, 0.3) is 22.4 Å². The van der Waals surface area contributed by atoms with E-state index < -0.39 is 0 Å². The minimum atomic E-state index is -0.196. The first kappa shape index (κ1) is 24.8. The molecule has 1 atom stereocenters. The standard InChI is InChI=1S/C26H31N5O3S/c1-17(2)9-7-10-18(3)27-23(32)16-35-26-29-28-25-30(19-11-8-12-20(15-19)34-4)24(33)21-13-5-6-14-22(21)31(25)26/h5-6,8,11-15,17-18H,7,9-10,16H2,1-4H3,(H,27,32). The maximum absolute atomic E-state index is 13.4. The van der Waals surface area contributed by atoms with Crippen LogP contribution >= 0.6 is 11.8 Å². The fourth-order valence-corrected chi connectivity index (χ4v) is 4.86. The average Bonchev–Trinajstić information content (AvgIpc) is 3.26. The summed E-state index contributed by atoms with van der Waals surface area (Å²) >= 11 is 1.30. The second-order valence-electron chi connectivity index (χ2n) is 9.06. The third-order valence-electron chi connectivity index (χ3n) is 5.86. The first-order valence-electron chi connectivity index (χ1n) is 11.8. The number of methoxy groups -OCH3 is 1. The Morgan fingerprint density at radius 1 is 1.09 bits per heavy atom. The fourth-order valence-electron chi connectivity index (χ4n) is 4.11. The molecule has 0 aliphatic heterocycles. The SMILES string of the molecule is COc1cccc(-n2c(=O)c3ccccc3n3c(SCC(=O)NC(C)CCCC(C)C)nnc23)c1. The van der Waals surface area contributed by atoms with Crippen molar-refractivity contribution in [2.75, 3.05) is 12.9 Å². The lowest BCUT2D eigenvalue weighted by Gasteiger charge is -2.14. The van der Waals surface area contributed by atoms with Gasteiger partial charge in [0.05, 0.1) is 29.5 Å². The monoisotopic (exact) mass is 493 g/mol. The maximum Gasteiger partial charge on any atom is 0.267 e. The van der Waals surface area contributed by atoms with Crippen LogP contribution in [0.2, 0.25) is 0 Å². The highest BCUT2D eigenvalue weighted by Gasteiger charge is 2.19. The molecule has 0 aliphatic carbocycles. The molecule has 0 fully saturated rings. The number of fused-ring (bicyclic) bond motifs is 3. The van der Waals surface area contributed by atoms with Gasteiger partial charge in [-0.05, 0) is 43.5 Å². The summed E-state index contributed by atoms with van der Waals surface area (Å²) in [6, 6.07) is 14.7. The molecule has 9 heteroatoms. The van der Waals surface area contributed by atoms with E-state index >= 15 is 0 Å². The van der Waals surface area contributed by atoms with Gasteiger partial charge in [0.2, 0.25) is 11.7 Å². The highest BCUT2D eigenvalue weighted by molar-refractivity contribution is 7.99. The molecule has 1 amide bonds. The van der Waals surface area contributed by atoms with E-state index in [1.807, 2.05) is 47.7 Å². The van der Waals surface area contributed by atoms with Crippen molar-refractivity contribution in [1.29, 1.82) is 0 Å². The Morgan fingerprint density at radius 3 is 2.66 bits per heavy atom. The second-order valence-corrected chi connectivity index (χ2v) is 10.0. The van der Waals surface area contributed by atoms with Crippen LogP contribution in [0.1, 0.15) is 40.0 Å². The number of thioether (sulfide) groups is 1. The van der Waals surface area contributed by atoms with E-state index in [1.54, 1.807) is 19.2 Å². The number of amides is 1. The van der Waals surface area contributed by atoms with Gasteiger partial charge in [-0.15, -0.1) is 10.2 Å². The smallest absolute Gasteiger partial charge is 0.267 e. The van der Waals surface area contributed by atoms with Crippen LogP contribution in [0, 0.1) is 5.92 Å². The third kappa shape index (κ3) is 5.51. The van der Waals surface area contributed by atoms with E-state index in [4.69, 9.17) is 4.74 Å². The molecule has 0 spiro atoms. The quantitative estimate of drug-likeness (QED) is 0.328. The van der Waals surface area contributed by atoms with E-state index in [9.17, 15) is 9.59 Å². The van der Waals surface area contributed by atoms with Crippen molar-refractivity contribution in [3.8, 4) is 11.4 Å². The molecule has 184 valence electrons. The zero-order valence-electron chi connectivity index (χ0n) is 20.5. The van der Waals surface area contributed by atoms with Crippen LogP contribution < -0.4 is 15.6 Å². The van der Waals surface area contributed by atoms with Gasteiger partial charge in [0.25, 0.3) is 5.56 Å². The molecule has 2 aromatic heterocycles. The molecule has 0 aliphatic rings. The van der Waals surface area contributed by atoms with Crippen LogP contribution in [0.5, 0.6) is 5.75 Å². The zero-order valence-corrected chi connectivity index (χ0v) is 21.3. The van der Waals surface area contributed by atoms with E-state index in [0.717, 1.165) is 19.3 Å². The van der Waals surface area contributed by atoms with Crippen molar-refractivity contribution >= 4 is 34.3 Å². The molecule has 1 N–H and O–H groups in total. The number of hydrogen-bond acceptors (Lipinski definition) is 6. The Bertz CT molecular complexity index is 1400.